The third kappa shape index (κ3) is 4.02. The Kier molecular flexibility index (Phi) is 4.83. The second-order valence-electron chi connectivity index (χ2n) is 7.69. The Morgan fingerprint density at radius 3 is 2.53 bits per heavy atom. The number of hydrogen-bond acceptors (Lipinski definition) is 7. The number of pyridine rings is 1. The van der Waals surface area contributed by atoms with Gasteiger partial charge in [-0.1, -0.05) is 18.2 Å². The van der Waals surface area contributed by atoms with E-state index in [4.69, 9.17) is 0 Å². The van der Waals surface area contributed by atoms with E-state index in [2.05, 4.69) is 25.6 Å². The number of nitrogens with one attached hydrogen (secondary N) is 2. The number of aromatic nitrogens is 3. The predicted molar refractivity (Wildman–Crippen MR) is 113 cm³/mol. The summed E-state index contributed by atoms with van der Waals surface area (Å²) in [5.74, 6) is 0.647. The molecule has 1 fully saturated rings. The molecule has 164 valence electrons. The summed E-state index contributed by atoms with van der Waals surface area (Å²) in [6.07, 6.45) is -2.48. The number of anilines is 3. The van der Waals surface area contributed by atoms with Gasteiger partial charge in [0, 0.05) is 34.3 Å². The lowest BCUT2D eigenvalue weighted by atomic mass is 10.1. The number of alkyl halides is 3. The Labute approximate surface area is 180 Å². The predicted octanol–water partition coefficient (Wildman–Crippen LogP) is 4.50. The molecule has 2 aromatic carbocycles. The maximum atomic E-state index is 13.1. The smallest absolute Gasteiger partial charge is 0.364 e. The summed E-state index contributed by atoms with van der Waals surface area (Å²) < 4.78 is 39.4. The van der Waals surface area contributed by atoms with Crippen LogP contribution in [-0.4, -0.2) is 31.2 Å². The lowest BCUT2D eigenvalue weighted by molar-refractivity contribution is -0.137. The molecule has 4 aromatic rings. The highest BCUT2D eigenvalue weighted by Crippen LogP contribution is 2.34. The monoisotopic (exact) mass is 441 g/mol. The van der Waals surface area contributed by atoms with Crippen molar-refractivity contribution in [1.29, 1.82) is 0 Å². The molecule has 0 saturated heterocycles. The first kappa shape index (κ1) is 20.4. The number of halogens is 3. The Hall–Kier alpha value is -3.50. The van der Waals surface area contributed by atoms with Crippen LogP contribution in [0, 0.1) is 0 Å². The standard InChI is InChI=1S/C22H18F3N5O2/c23-22(24,25)12-2-1-3-14(9-12)27-19-18-16(10-26-21(30-18)28-13-5-6-13)15-7-4-11(20(31)32)8-17(15)29-19/h1-4,7-10,13,20,31-32H,5-6H2,(H,27,29)(H,26,28,30). The molecule has 7 nitrogen and oxygen atoms in total. The normalized spacial score (nSPS) is 14.3. The number of aliphatic hydroxyl groups is 2. The molecule has 5 rings (SSSR count). The number of benzene rings is 2. The minimum absolute atomic E-state index is 0.196. The highest BCUT2D eigenvalue weighted by molar-refractivity contribution is 6.09. The molecule has 0 unspecified atom stereocenters. The van der Waals surface area contributed by atoms with Crippen LogP contribution in [0.25, 0.3) is 21.8 Å². The van der Waals surface area contributed by atoms with E-state index in [1.165, 1.54) is 18.2 Å². The summed E-state index contributed by atoms with van der Waals surface area (Å²) in [5, 5.41) is 26.5. The molecule has 32 heavy (non-hydrogen) atoms. The van der Waals surface area contributed by atoms with E-state index in [1.54, 1.807) is 18.3 Å². The molecule has 1 saturated carbocycles. The molecule has 2 heterocycles. The van der Waals surface area contributed by atoms with Gasteiger partial charge >= 0.3 is 6.18 Å². The quantitative estimate of drug-likeness (QED) is 0.267. The molecule has 2 aromatic heterocycles. The van der Waals surface area contributed by atoms with Gasteiger partial charge in [-0.2, -0.15) is 13.2 Å². The molecular formula is C22H18F3N5O2. The lowest BCUT2D eigenvalue weighted by Gasteiger charge is -2.14. The van der Waals surface area contributed by atoms with Crippen molar-refractivity contribution in [3.8, 4) is 0 Å². The van der Waals surface area contributed by atoms with Gasteiger partial charge in [0.05, 0.1) is 11.1 Å². The third-order valence-corrected chi connectivity index (χ3v) is 5.22. The Morgan fingerprint density at radius 2 is 1.81 bits per heavy atom. The van der Waals surface area contributed by atoms with Crippen LogP contribution >= 0.6 is 0 Å². The van der Waals surface area contributed by atoms with Crippen molar-refractivity contribution in [1.82, 2.24) is 15.0 Å². The summed E-state index contributed by atoms with van der Waals surface area (Å²) in [6.45, 7) is 0. The topological polar surface area (TPSA) is 103 Å². The van der Waals surface area contributed by atoms with Crippen molar-refractivity contribution in [3.63, 3.8) is 0 Å². The number of nitrogens with zero attached hydrogens (tertiary/aromatic N) is 3. The summed E-state index contributed by atoms with van der Waals surface area (Å²) in [5.41, 5.74) is 0.502. The van der Waals surface area contributed by atoms with Crippen LogP contribution in [0.1, 0.15) is 30.3 Å². The fourth-order valence-electron chi connectivity index (χ4n) is 3.44. The van der Waals surface area contributed by atoms with Gasteiger partial charge in [0.25, 0.3) is 0 Å². The van der Waals surface area contributed by atoms with Crippen molar-refractivity contribution in [2.24, 2.45) is 0 Å². The zero-order chi connectivity index (χ0) is 22.5. The summed E-state index contributed by atoms with van der Waals surface area (Å²) >= 11 is 0. The molecule has 10 heteroatoms. The largest absolute Gasteiger partial charge is 0.416 e. The van der Waals surface area contributed by atoms with Gasteiger partial charge in [-0.05, 0) is 37.1 Å². The van der Waals surface area contributed by atoms with Crippen LogP contribution in [0.3, 0.4) is 0 Å². The maximum Gasteiger partial charge on any atom is 0.416 e. The van der Waals surface area contributed by atoms with E-state index >= 15 is 0 Å². The van der Waals surface area contributed by atoms with Crippen molar-refractivity contribution >= 4 is 39.3 Å². The van der Waals surface area contributed by atoms with Gasteiger partial charge in [-0.25, -0.2) is 15.0 Å². The first-order chi connectivity index (χ1) is 15.3. The molecule has 0 radical (unpaired) electrons. The Bertz CT molecular complexity index is 1320. The van der Waals surface area contributed by atoms with Gasteiger partial charge < -0.3 is 20.8 Å². The zero-order valence-electron chi connectivity index (χ0n) is 16.6. The van der Waals surface area contributed by atoms with Gasteiger partial charge in [0.15, 0.2) is 12.1 Å². The third-order valence-electron chi connectivity index (χ3n) is 5.22. The SMILES string of the molecule is OC(O)c1ccc2c(c1)nc(Nc1cccc(C(F)(F)F)c1)c1nc(NC3CC3)ncc12. The first-order valence-corrected chi connectivity index (χ1v) is 9.95. The van der Waals surface area contributed by atoms with E-state index < -0.39 is 18.0 Å². The van der Waals surface area contributed by atoms with E-state index in [-0.39, 0.29) is 17.1 Å². The summed E-state index contributed by atoms with van der Waals surface area (Å²) in [4.78, 5) is 13.5. The summed E-state index contributed by atoms with van der Waals surface area (Å²) in [6, 6.07) is 9.87. The van der Waals surface area contributed by atoms with Crippen LogP contribution in [-0.2, 0) is 6.18 Å². The molecule has 0 amide bonds. The van der Waals surface area contributed by atoms with Gasteiger partial charge in [-0.15, -0.1) is 0 Å². The lowest BCUT2D eigenvalue weighted by Crippen LogP contribution is -2.07. The minimum Gasteiger partial charge on any atom is -0.364 e. The molecule has 0 spiro atoms. The molecule has 1 aliphatic carbocycles. The number of aliphatic hydroxyl groups excluding tert-OH is 1. The van der Waals surface area contributed by atoms with Gasteiger partial charge in [0.2, 0.25) is 5.95 Å². The Balaban J connectivity index is 1.66. The zero-order valence-corrected chi connectivity index (χ0v) is 16.6. The van der Waals surface area contributed by atoms with Crippen molar-refractivity contribution in [3.05, 3.63) is 59.8 Å². The molecule has 0 bridgehead atoms. The number of hydrogen-bond donors (Lipinski definition) is 4. The van der Waals surface area contributed by atoms with Crippen LogP contribution in [0.15, 0.2) is 48.7 Å². The highest BCUT2D eigenvalue weighted by Gasteiger charge is 2.30. The van der Waals surface area contributed by atoms with Crippen molar-refractivity contribution < 1.29 is 23.4 Å². The van der Waals surface area contributed by atoms with Crippen LogP contribution in [0.2, 0.25) is 0 Å². The average Bonchev–Trinajstić information content (AvgIpc) is 3.57. The van der Waals surface area contributed by atoms with Crippen LogP contribution in [0.4, 0.5) is 30.6 Å². The fraction of sp³-hybridized carbons (Fsp3) is 0.227. The molecule has 1 aliphatic rings. The van der Waals surface area contributed by atoms with Crippen LogP contribution < -0.4 is 10.6 Å². The van der Waals surface area contributed by atoms with E-state index in [0.717, 1.165) is 25.0 Å². The molecule has 0 aliphatic heterocycles. The van der Waals surface area contributed by atoms with Gasteiger partial charge in [0.1, 0.15) is 5.52 Å². The van der Waals surface area contributed by atoms with E-state index in [0.29, 0.717) is 33.8 Å². The maximum absolute atomic E-state index is 13.1. The Morgan fingerprint density at radius 1 is 1.00 bits per heavy atom. The molecular weight excluding hydrogens is 423 g/mol. The number of rotatable bonds is 5. The minimum atomic E-state index is -4.48. The van der Waals surface area contributed by atoms with Crippen molar-refractivity contribution in [2.45, 2.75) is 31.3 Å². The summed E-state index contributed by atoms with van der Waals surface area (Å²) in [7, 11) is 0. The molecule has 0 atom stereocenters. The molecule has 4 N–H and O–H groups in total. The second-order valence-corrected chi connectivity index (χ2v) is 7.69. The van der Waals surface area contributed by atoms with E-state index in [9.17, 15) is 23.4 Å². The van der Waals surface area contributed by atoms with E-state index in [1.807, 2.05) is 0 Å². The highest BCUT2D eigenvalue weighted by atomic mass is 19.4. The van der Waals surface area contributed by atoms with Crippen LogP contribution in [0.5, 0.6) is 0 Å². The van der Waals surface area contributed by atoms with Gasteiger partial charge in [-0.3, -0.25) is 0 Å². The first-order valence-electron chi connectivity index (χ1n) is 9.95. The second kappa shape index (κ2) is 7.57. The number of fused-ring (bicyclic) bond motifs is 3. The van der Waals surface area contributed by atoms with Crippen molar-refractivity contribution in [2.75, 3.05) is 10.6 Å². The fourth-order valence-corrected chi connectivity index (χ4v) is 3.44. The average molecular weight is 441 g/mol.